The summed E-state index contributed by atoms with van der Waals surface area (Å²) in [6.45, 7) is 5.95. The van der Waals surface area contributed by atoms with Crippen molar-refractivity contribution in [2.75, 3.05) is 18.0 Å². The van der Waals surface area contributed by atoms with E-state index in [-0.39, 0.29) is 17.8 Å². The minimum absolute atomic E-state index is 0.0200. The van der Waals surface area contributed by atoms with Crippen LogP contribution in [0.2, 0.25) is 0 Å². The maximum absolute atomic E-state index is 10.6. The van der Waals surface area contributed by atoms with Gasteiger partial charge in [-0.3, -0.25) is 0 Å². The van der Waals surface area contributed by atoms with E-state index in [1.54, 1.807) is 0 Å². The number of aliphatic hydroxyl groups is 1. The number of rotatable bonds is 4. The van der Waals surface area contributed by atoms with Crippen molar-refractivity contribution in [1.29, 1.82) is 0 Å². The number of aliphatic hydroxyl groups excluding tert-OH is 1. The molecule has 4 rings (SSSR count). The summed E-state index contributed by atoms with van der Waals surface area (Å²) in [5.74, 6) is 1.91. The van der Waals surface area contributed by atoms with Crippen molar-refractivity contribution >= 4 is 5.82 Å². The minimum atomic E-state index is -0.303. The first-order valence-electron chi connectivity index (χ1n) is 10.6. The zero-order valence-corrected chi connectivity index (χ0v) is 17.0. The Morgan fingerprint density at radius 3 is 2.68 bits per heavy atom. The van der Waals surface area contributed by atoms with Gasteiger partial charge in [-0.25, -0.2) is 9.97 Å². The lowest BCUT2D eigenvalue weighted by atomic mass is 9.81. The molecule has 0 aliphatic carbocycles. The fourth-order valence-electron chi connectivity index (χ4n) is 4.68. The van der Waals surface area contributed by atoms with Crippen LogP contribution in [0.5, 0.6) is 0 Å². The van der Waals surface area contributed by atoms with E-state index in [0.717, 1.165) is 56.8 Å². The molecule has 3 heterocycles. The molecule has 1 aromatic carbocycles. The van der Waals surface area contributed by atoms with Gasteiger partial charge in [0.25, 0.3) is 0 Å². The third-order valence-corrected chi connectivity index (χ3v) is 6.11. The summed E-state index contributed by atoms with van der Waals surface area (Å²) < 4.78 is 6.64. The Morgan fingerprint density at radius 1 is 1.21 bits per heavy atom. The van der Waals surface area contributed by atoms with E-state index in [4.69, 9.17) is 9.72 Å². The highest BCUT2D eigenvalue weighted by atomic mass is 16.5. The molecule has 1 aromatic heterocycles. The molecule has 2 atom stereocenters. The number of nitrogens with zero attached hydrogens (tertiary/aromatic N) is 3. The van der Waals surface area contributed by atoms with Crippen molar-refractivity contribution in [2.45, 2.75) is 70.2 Å². The second-order valence-corrected chi connectivity index (χ2v) is 8.30. The van der Waals surface area contributed by atoms with Crippen LogP contribution in [-0.2, 0) is 11.2 Å². The average Bonchev–Trinajstić information content (AvgIpc) is 2.70. The number of piperidine rings is 1. The zero-order chi connectivity index (χ0) is 19.6. The Labute approximate surface area is 167 Å². The fraction of sp³-hybridized carbons (Fsp3) is 0.565. The Hall–Kier alpha value is -1.98. The molecule has 0 radical (unpaired) electrons. The first kappa shape index (κ1) is 19.3. The average molecular weight is 382 g/mol. The van der Waals surface area contributed by atoms with Gasteiger partial charge in [0.2, 0.25) is 0 Å². The molecule has 150 valence electrons. The first-order valence-corrected chi connectivity index (χ1v) is 10.6. The van der Waals surface area contributed by atoms with Gasteiger partial charge in [0.1, 0.15) is 11.6 Å². The standard InChI is InChI=1S/C23H31N3O2/c1-3-7-19-16-24-17(2)25-22(19)26-12-10-23(11-13-26)15-20(27)14-21(28-23)18-8-5-4-6-9-18/h4-6,8-9,16,20-21,27H,3,7,10-15H2,1-2H3/t20-,21+/m0/s1. The van der Waals surface area contributed by atoms with Gasteiger partial charge in [0.15, 0.2) is 0 Å². The summed E-state index contributed by atoms with van der Waals surface area (Å²) in [5.41, 5.74) is 2.16. The molecule has 2 aliphatic heterocycles. The van der Waals surface area contributed by atoms with Gasteiger partial charge in [-0.2, -0.15) is 0 Å². The fourth-order valence-corrected chi connectivity index (χ4v) is 4.68. The van der Waals surface area contributed by atoms with E-state index in [9.17, 15) is 5.11 Å². The molecule has 0 bridgehead atoms. The van der Waals surface area contributed by atoms with Crippen molar-refractivity contribution in [1.82, 2.24) is 9.97 Å². The quantitative estimate of drug-likeness (QED) is 0.868. The Morgan fingerprint density at radius 2 is 1.96 bits per heavy atom. The summed E-state index contributed by atoms with van der Waals surface area (Å²) in [4.78, 5) is 11.5. The zero-order valence-electron chi connectivity index (χ0n) is 17.0. The lowest BCUT2D eigenvalue weighted by molar-refractivity contribution is -0.173. The highest BCUT2D eigenvalue weighted by Crippen LogP contribution is 2.43. The summed E-state index contributed by atoms with van der Waals surface area (Å²) in [7, 11) is 0. The van der Waals surface area contributed by atoms with Crippen LogP contribution in [0, 0.1) is 6.92 Å². The maximum Gasteiger partial charge on any atom is 0.135 e. The number of hydrogen-bond acceptors (Lipinski definition) is 5. The van der Waals surface area contributed by atoms with E-state index in [1.807, 2.05) is 31.3 Å². The highest BCUT2D eigenvalue weighted by Gasteiger charge is 2.44. The summed E-state index contributed by atoms with van der Waals surface area (Å²) >= 11 is 0. The van der Waals surface area contributed by atoms with E-state index in [0.29, 0.717) is 6.42 Å². The van der Waals surface area contributed by atoms with Crippen LogP contribution in [-0.4, -0.2) is 39.9 Å². The molecule has 2 fully saturated rings. The number of aromatic nitrogens is 2. The van der Waals surface area contributed by atoms with Crippen molar-refractivity contribution < 1.29 is 9.84 Å². The van der Waals surface area contributed by atoms with Crippen molar-refractivity contribution in [2.24, 2.45) is 0 Å². The van der Waals surface area contributed by atoms with Gasteiger partial charge < -0.3 is 14.7 Å². The molecule has 5 nitrogen and oxygen atoms in total. The molecular weight excluding hydrogens is 350 g/mol. The third-order valence-electron chi connectivity index (χ3n) is 6.11. The third kappa shape index (κ3) is 4.06. The van der Waals surface area contributed by atoms with Crippen LogP contribution in [0.4, 0.5) is 5.82 Å². The predicted octanol–water partition coefficient (Wildman–Crippen LogP) is 3.99. The maximum atomic E-state index is 10.6. The Bertz CT molecular complexity index is 788. The Balaban J connectivity index is 1.49. The second-order valence-electron chi connectivity index (χ2n) is 8.30. The minimum Gasteiger partial charge on any atom is -0.393 e. The molecular formula is C23H31N3O2. The largest absolute Gasteiger partial charge is 0.393 e. The van der Waals surface area contributed by atoms with E-state index in [2.05, 4.69) is 28.9 Å². The first-order chi connectivity index (χ1) is 13.6. The SMILES string of the molecule is CCCc1cnc(C)nc1N1CCC2(CC1)C[C@@H](O)C[C@H](c1ccccc1)O2. The van der Waals surface area contributed by atoms with Gasteiger partial charge in [-0.15, -0.1) is 0 Å². The number of hydrogen-bond donors (Lipinski definition) is 1. The molecule has 5 heteroatoms. The predicted molar refractivity (Wildman–Crippen MR) is 110 cm³/mol. The van der Waals surface area contributed by atoms with Gasteiger partial charge in [-0.1, -0.05) is 43.7 Å². The summed E-state index contributed by atoms with van der Waals surface area (Å²) in [6.07, 6.45) is 7.00. The smallest absolute Gasteiger partial charge is 0.135 e. The van der Waals surface area contributed by atoms with Gasteiger partial charge >= 0.3 is 0 Å². The number of ether oxygens (including phenoxy) is 1. The van der Waals surface area contributed by atoms with Gasteiger partial charge in [0, 0.05) is 37.7 Å². The van der Waals surface area contributed by atoms with Crippen molar-refractivity contribution in [3.8, 4) is 0 Å². The van der Waals surface area contributed by atoms with Crippen LogP contribution in [0.25, 0.3) is 0 Å². The molecule has 0 saturated carbocycles. The summed E-state index contributed by atoms with van der Waals surface area (Å²) in [6, 6.07) is 10.3. The molecule has 2 aromatic rings. The van der Waals surface area contributed by atoms with E-state index >= 15 is 0 Å². The topological polar surface area (TPSA) is 58.5 Å². The van der Waals surface area contributed by atoms with Crippen LogP contribution >= 0.6 is 0 Å². The van der Waals surface area contributed by atoms with Crippen molar-refractivity contribution in [3.63, 3.8) is 0 Å². The number of benzene rings is 1. The van der Waals surface area contributed by atoms with Crippen LogP contribution in [0.1, 0.15) is 62.1 Å². The van der Waals surface area contributed by atoms with Crippen LogP contribution < -0.4 is 4.90 Å². The molecule has 2 aliphatic rings. The molecule has 0 unspecified atom stereocenters. The number of anilines is 1. The van der Waals surface area contributed by atoms with E-state index in [1.165, 1.54) is 11.1 Å². The molecule has 1 spiro atoms. The molecule has 0 amide bonds. The van der Waals surface area contributed by atoms with Crippen molar-refractivity contribution in [3.05, 3.63) is 53.5 Å². The van der Waals surface area contributed by atoms with Crippen LogP contribution in [0.3, 0.4) is 0 Å². The highest BCUT2D eigenvalue weighted by molar-refractivity contribution is 5.47. The molecule has 1 N–H and O–H groups in total. The second kappa shape index (κ2) is 8.18. The normalized spacial score (nSPS) is 24.5. The molecule has 28 heavy (non-hydrogen) atoms. The summed E-state index contributed by atoms with van der Waals surface area (Å²) in [5, 5.41) is 10.6. The Kier molecular flexibility index (Phi) is 5.65. The molecule has 2 saturated heterocycles. The number of aryl methyl sites for hydroxylation is 2. The van der Waals surface area contributed by atoms with Gasteiger partial charge in [0.05, 0.1) is 17.8 Å². The van der Waals surface area contributed by atoms with Crippen LogP contribution in [0.15, 0.2) is 36.5 Å². The lowest BCUT2D eigenvalue weighted by Crippen LogP contribution is -2.51. The van der Waals surface area contributed by atoms with E-state index < -0.39 is 0 Å². The lowest BCUT2D eigenvalue weighted by Gasteiger charge is -2.48. The van der Waals surface area contributed by atoms with Gasteiger partial charge in [-0.05, 0) is 31.7 Å². The monoisotopic (exact) mass is 381 g/mol.